The molecule has 0 unspecified atom stereocenters. The van der Waals surface area contributed by atoms with Crippen LogP contribution in [-0.2, 0) is 5.75 Å². The Kier molecular flexibility index (Phi) is 4.16. The quantitative estimate of drug-likeness (QED) is 0.297. The van der Waals surface area contributed by atoms with Gasteiger partial charge in [-0.1, -0.05) is 29.1 Å². The number of hydrogen-bond donors (Lipinski definition) is 2. The molecule has 0 saturated carbocycles. The zero-order valence-corrected chi connectivity index (χ0v) is 10.8. The lowest BCUT2D eigenvalue weighted by Gasteiger charge is -2.04. The maximum absolute atomic E-state index is 13.8. The molecule has 2 rings (SSSR count). The van der Waals surface area contributed by atoms with Crippen LogP contribution in [0.15, 0.2) is 39.3 Å². The highest BCUT2D eigenvalue weighted by atomic mass is 32.2. The highest BCUT2D eigenvalue weighted by Crippen LogP contribution is 2.25. The van der Waals surface area contributed by atoms with Crippen molar-refractivity contribution in [2.45, 2.75) is 10.1 Å². The van der Waals surface area contributed by atoms with Crippen LogP contribution in [0.2, 0.25) is 0 Å². The fraction of sp³-hybridized carbons (Fsp3) is 0.0909. The van der Waals surface area contributed by atoms with Crippen LogP contribution in [0.1, 0.15) is 11.1 Å². The van der Waals surface area contributed by atoms with Crippen molar-refractivity contribution < 1.29 is 9.60 Å². The van der Waals surface area contributed by atoms with E-state index in [0.717, 1.165) is 4.34 Å². The van der Waals surface area contributed by atoms with Gasteiger partial charge in [0.1, 0.15) is 10.2 Å². The van der Waals surface area contributed by atoms with Gasteiger partial charge in [0.25, 0.3) is 0 Å². The summed E-state index contributed by atoms with van der Waals surface area (Å²) in [4.78, 5) is 4.11. The van der Waals surface area contributed by atoms with Gasteiger partial charge >= 0.3 is 0 Å². The zero-order valence-electron chi connectivity index (χ0n) is 9.21. The minimum atomic E-state index is -0.372. The van der Waals surface area contributed by atoms with E-state index in [9.17, 15) is 4.39 Å². The molecule has 18 heavy (non-hydrogen) atoms. The number of nitrogens with zero attached hydrogens (tertiary/aromatic N) is 2. The van der Waals surface area contributed by atoms with Gasteiger partial charge in [0.15, 0.2) is 5.84 Å². The molecule has 0 fully saturated rings. The summed E-state index contributed by atoms with van der Waals surface area (Å²) in [5.74, 6) is 0.0201. The third-order valence-electron chi connectivity index (χ3n) is 2.22. The standard InChI is InChI=1S/C11H10FN3OS2/c12-9-5-7(10(13)15-16)1-2-8(9)6-18-11-14-3-4-17-11/h1-5,16H,6H2,(H2,13,15). The van der Waals surface area contributed by atoms with Crippen molar-refractivity contribution >= 4 is 28.9 Å². The Balaban J connectivity index is 2.10. The minimum Gasteiger partial charge on any atom is -0.409 e. The highest BCUT2D eigenvalue weighted by molar-refractivity contribution is 8.00. The van der Waals surface area contributed by atoms with Gasteiger partial charge in [-0.25, -0.2) is 9.37 Å². The van der Waals surface area contributed by atoms with Crippen molar-refractivity contribution in [2.75, 3.05) is 0 Å². The molecular formula is C11H10FN3OS2. The Hall–Kier alpha value is -1.60. The molecule has 2 aromatic rings. The smallest absolute Gasteiger partial charge is 0.170 e. The molecule has 1 aromatic heterocycles. The van der Waals surface area contributed by atoms with Crippen LogP contribution >= 0.6 is 23.1 Å². The number of rotatable bonds is 4. The number of amidine groups is 1. The molecule has 0 saturated heterocycles. The van der Waals surface area contributed by atoms with Crippen molar-refractivity contribution in [1.82, 2.24) is 4.98 Å². The van der Waals surface area contributed by atoms with Crippen LogP contribution in [0.3, 0.4) is 0 Å². The fourth-order valence-corrected chi connectivity index (χ4v) is 2.93. The van der Waals surface area contributed by atoms with Gasteiger partial charge in [-0.05, 0) is 11.6 Å². The normalized spacial score (nSPS) is 11.7. The van der Waals surface area contributed by atoms with E-state index in [1.807, 2.05) is 5.38 Å². The van der Waals surface area contributed by atoms with E-state index in [-0.39, 0.29) is 11.7 Å². The third kappa shape index (κ3) is 2.99. The summed E-state index contributed by atoms with van der Waals surface area (Å²) in [6, 6.07) is 4.51. The average Bonchev–Trinajstić information content (AvgIpc) is 2.89. The summed E-state index contributed by atoms with van der Waals surface area (Å²) >= 11 is 2.99. The lowest BCUT2D eigenvalue weighted by molar-refractivity contribution is 0.318. The number of nitrogens with two attached hydrogens (primary N) is 1. The average molecular weight is 283 g/mol. The number of hydrogen-bond acceptors (Lipinski definition) is 5. The first-order valence-electron chi connectivity index (χ1n) is 4.99. The van der Waals surface area contributed by atoms with Crippen molar-refractivity contribution in [3.05, 3.63) is 46.7 Å². The molecule has 7 heteroatoms. The Bertz CT molecular complexity index is 557. The summed E-state index contributed by atoms with van der Waals surface area (Å²) in [5.41, 5.74) is 6.30. The Morgan fingerprint density at radius 1 is 1.56 bits per heavy atom. The molecule has 1 aromatic carbocycles. The first-order chi connectivity index (χ1) is 8.70. The molecule has 0 atom stereocenters. The molecule has 4 nitrogen and oxygen atoms in total. The molecule has 0 spiro atoms. The lowest BCUT2D eigenvalue weighted by Crippen LogP contribution is -2.13. The van der Waals surface area contributed by atoms with Gasteiger partial charge in [0, 0.05) is 22.9 Å². The Labute approximate surface area is 111 Å². The van der Waals surface area contributed by atoms with Crippen molar-refractivity contribution in [2.24, 2.45) is 10.9 Å². The van der Waals surface area contributed by atoms with Crippen LogP contribution in [0.5, 0.6) is 0 Å². The number of benzene rings is 1. The zero-order chi connectivity index (χ0) is 13.0. The van der Waals surface area contributed by atoms with E-state index in [1.54, 1.807) is 18.3 Å². The topological polar surface area (TPSA) is 71.5 Å². The molecule has 1 heterocycles. The van der Waals surface area contributed by atoms with Gasteiger partial charge in [-0.3, -0.25) is 0 Å². The van der Waals surface area contributed by atoms with Gasteiger partial charge in [0.2, 0.25) is 0 Å². The van der Waals surface area contributed by atoms with E-state index in [2.05, 4.69) is 10.1 Å². The number of thioether (sulfide) groups is 1. The first kappa shape index (κ1) is 12.8. The number of halogens is 1. The number of thiazole rings is 1. The van der Waals surface area contributed by atoms with Crippen molar-refractivity contribution in [3.8, 4) is 0 Å². The molecule has 0 aliphatic heterocycles. The second kappa shape index (κ2) is 5.83. The maximum Gasteiger partial charge on any atom is 0.170 e. The Morgan fingerprint density at radius 3 is 3.00 bits per heavy atom. The predicted molar refractivity (Wildman–Crippen MR) is 70.6 cm³/mol. The fourth-order valence-electron chi connectivity index (χ4n) is 1.30. The van der Waals surface area contributed by atoms with Gasteiger partial charge in [-0.15, -0.1) is 11.3 Å². The van der Waals surface area contributed by atoms with Gasteiger partial charge in [0.05, 0.1) is 0 Å². The largest absolute Gasteiger partial charge is 0.409 e. The van der Waals surface area contributed by atoms with Crippen molar-refractivity contribution in [3.63, 3.8) is 0 Å². The molecular weight excluding hydrogens is 273 g/mol. The third-order valence-corrected chi connectivity index (χ3v) is 4.23. The number of aromatic nitrogens is 1. The number of oxime groups is 1. The molecule has 3 N–H and O–H groups in total. The maximum atomic E-state index is 13.8. The van der Waals surface area contributed by atoms with Crippen molar-refractivity contribution in [1.29, 1.82) is 0 Å². The van der Waals surface area contributed by atoms with Crippen LogP contribution in [0.4, 0.5) is 4.39 Å². The van der Waals surface area contributed by atoms with Gasteiger partial charge in [-0.2, -0.15) is 0 Å². The summed E-state index contributed by atoms with van der Waals surface area (Å²) in [5, 5.41) is 13.2. The Morgan fingerprint density at radius 2 is 2.39 bits per heavy atom. The van der Waals surface area contributed by atoms with Crippen LogP contribution in [0, 0.1) is 5.82 Å². The van der Waals surface area contributed by atoms with Gasteiger partial charge < -0.3 is 10.9 Å². The van der Waals surface area contributed by atoms with E-state index < -0.39 is 0 Å². The summed E-state index contributed by atoms with van der Waals surface area (Å²) in [6.07, 6.45) is 1.71. The lowest BCUT2D eigenvalue weighted by atomic mass is 10.1. The second-order valence-corrected chi connectivity index (χ2v) is 5.50. The van der Waals surface area contributed by atoms with E-state index >= 15 is 0 Å². The summed E-state index contributed by atoms with van der Waals surface area (Å²) in [7, 11) is 0. The van der Waals surface area contributed by atoms with Crippen LogP contribution in [0.25, 0.3) is 0 Å². The summed E-state index contributed by atoms with van der Waals surface area (Å²) in [6.45, 7) is 0. The van der Waals surface area contributed by atoms with Crippen LogP contribution in [-0.4, -0.2) is 16.0 Å². The monoisotopic (exact) mass is 283 g/mol. The summed E-state index contributed by atoms with van der Waals surface area (Å²) < 4.78 is 14.7. The minimum absolute atomic E-state index is 0.104. The first-order valence-corrected chi connectivity index (χ1v) is 6.86. The molecule has 0 aliphatic carbocycles. The van der Waals surface area contributed by atoms with E-state index in [1.165, 1.54) is 29.2 Å². The molecule has 0 aliphatic rings. The van der Waals surface area contributed by atoms with Crippen LogP contribution < -0.4 is 5.73 Å². The second-order valence-electron chi connectivity index (χ2n) is 3.38. The SMILES string of the molecule is N/C(=N/O)c1ccc(CSc2nccs2)c(F)c1. The molecule has 0 radical (unpaired) electrons. The predicted octanol–water partition coefficient (Wildman–Crippen LogP) is 2.67. The molecule has 0 amide bonds. The van der Waals surface area contributed by atoms with E-state index in [4.69, 9.17) is 10.9 Å². The van der Waals surface area contributed by atoms with E-state index in [0.29, 0.717) is 16.9 Å². The molecule has 0 bridgehead atoms. The highest BCUT2D eigenvalue weighted by Gasteiger charge is 2.07. The molecule has 94 valence electrons.